The van der Waals surface area contributed by atoms with Crippen LogP contribution < -0.4 is 5.46 Å². The van der Waals surface area contributed by atoms with E-state index >= 15 is 0 Å². The maximum absolute atomic E-state index is 11.3. The topological polar surface area (TPSA) is 68.7 Å². The largest absolute Gasteiger partial charge is 0.495 e. The smallest absolute Gasteiger partial charge is 0.477 e. The molecule has 1 aromatic rings. The first kappa shape index (κ1) is 15.0. The fourth-order valence-corrected chi connectivity index (χ4v) is 2.19. The van der Waals surface area contributed by atoms with E-state index < -0.39 is 24.3 Å². The molecule has 1 saturated heterocycles. The molecule has 0 spiro atoms. The van der Waals surface area contributed by atoms with Gasteiger partial charge in [-0.25, -0.2) is 9.78 Å². The zero-order valence-electron chi connectivity index (χ0n) is 12.8. The number of aryl methyl sites for hydroxylation is 1. The van der Waals surface area contributed by atoms with Crippen LogP contribution in [-0.4, -0.2) is 34.4 Å². The zero-order valence-corrected chi connectivity index (χ0v) is 12.8. The molecule has 0 atom stereocenters. The van der Waals surface area contributed by atoms with Crippen LogP contribution in [0.3, 0.4) is 0 Å². The van der Waals surface area contributed by atoms with Crippen molar-refractivity contribution in [2.24, 2.45) is 0 Å². The van der Waals surface area contributed by atoms with Crippen LogP contribution in [0.5, 0.6) is 0 Å². The van der Waals surface area contributed by atoms with E-state index in [0.717, 1.165) is 5.46 Å². The van der Waals surface area contributed by atoms with Crippen LogP contribution >= 0.6 is 0 Å². The molecule has 1 fully saturated rings. The molecule has 1 aliphatic rings. The Balaban J connectivity index is 2.48. The number of carbonyl (C=O) groups is 1. The molecular weight excluding hydrogens is 257 g/mol. The third kappa shape index (κ3) is 2.34. The fraction of sp³-hybridized carbons (Fsp3) is 0.571. The molecule has 1 aliphatic heterocycles. The van der Waals surface area contributed by atoms with Crippen LogP contribution in [0.1, 0.15) is 49.4 Å². The molecule has 2 rings (SSSR count). The predicted molar refractivity (Wildman–Crippen MR) is 76.4 cm³/mol. The zero-order chi connectivity index (χ0) is 15.3. The molecule has 0 radical (unpaired) electrons. The molecule has 0 amide bonds. The Hall–Kier alpha value is -1.40. The number of pyridine rings is 1. The SMILES string of the molecule is Cc1cc(B2OC(C)(C)C(C)(C)O2)c(C)c(C(=O)O)n1. The van der Waals surface area contributed by atoms with Gasteiger partial charge in [0.25, 0.3) is 0 Å². The number of nitrogens with zero attached hydrogens (tertiary/aromatic N) is 1. The van der Waals surface area contributed by atoms with Crippen LogP contribution in [0.25, 0.3) is 0 Å². The van der Waals surface area contributed by atoms with E-state index in [2.05, 4.69) is 4.98 Å². The van der Waals surface area contributed by atoms with Crippen molar-refractivity contribution in [3.05, 3.63) is 23.0 Å². The van der Waals surface area contributed by atoms with Crippen LogP contribution in [0.15, 0.2) is 6.07 Å². The fourth-order valence-electron chi connectivity index (χ4n) is 2.19. The summed E-state index contributed by atoms with van der Waals surface area (Å²) in [6, 6.07) is 1.82. The minimum atomic E-state index is -1.04. The monoisotopic (exact) mass is 277 g/mol. The van der Waals surface area contributed by atoms with E-state index in [1.807, 2.05) is 33.8 Å². The number of hydrogen-bond donors (Lipinski definition) is 1. The second kappa shape index (κ2) is 4.57. The van der Waals surface area contributed by atoms with Gasteiger partial charge < -0.3 is 14.4 Å². The van der Waals surface area contributed by atoms with E-state index in [1.165, 1.54) is 0 Å². The van der Waals surface area contributed by atoms with E-state index in [4.69, 9.17) is 9.31 Å². The summed E-state index contributed by atoms with van der Waals surface area (Å²) in [4.78, 5) is 15.3. The maximum Gasteiger partial charge on any atom is 0.495 e. The average Bonchev–Trinajstić information content (AvgIpc) is 2.50. The highest BCUT2D eigenvalue weighted by Gasteiger charge is 2.52. The van der Waals surface area contributed by atoms with Crippen LogP contribution in [-0.2, 0) is 9.31 Å². The van der Waals surface area contributed by atoms with Crippen LogP contribution in [0.4, 0.5) is 0 Å². The van der Waals surface area contributed by atoms with Crippen molar-refractivity contribution in [3.63, 3.8) is 0 Å². The van der Waals surface area contributed by atoms with Gasteiger partial charge in [0, 0.05) is 5.69 Å². The first-order chi connectivity index (χ1) is 9.05. The van der Waals surface area contributed by atoms with Crippen molar-refractivity contribution in [2.45, 2.75) is 52.7 Å². The quantitative estimate of drug-likeness (QED) is 0.833. The number of carboxylic acids is 1. The number of rotatable bonds is 2. The lowest BCUT2D eigenvalue weighted by Gasteiger charge is -2.32. The van der Waals surface area contributed by atoms with Gasteiger partial charge in [0.1, 0.15) is 0 Å². The van der Waals surface area contributed by atoms with Crippen molar-refractivity contribution >= 4 is 18.6 Å². The summed E-state index contributed by atoms with van der Waals surface area (Å²) in [6.07, 6.45) is 0. The lowest BCUT2D eigenvalue weighted by molar-refractivity contribution is 0.00578. The van der Waals surface area contributed by atoms with E-state index in [1.54, 1.807) is 13.8 Å². The Bertz CT molecular complexity index is 553. The summed E-state index contributed by atoms with van der Waals surface area (Å²) >= 11 is 0. The van der Waals surface area contributed by atoms with E-state index in [0.29, 0.717) is 11.3 Å². The van der Waals surface area contributed by atoms with Gasteiger partial charge in [-0.15, -0.1) is 0 Å². The molecule has 20 heavy (non-hydrogen) atoms. The van der Waals surface area contributed by atoms with Gasteiger partial charge in [-0.05, 0) is 58.6 Å². The minimum Gasteiger partial charge on any atom is -0.477 e. The first-order valence-electron chi connectivity index (χ1n) is 6.62. The normalized spacial score (nSPS) is 20.2. The van der Waals surface area contributed by atoms with Gasteiger partial charge in [0.15, 0.2) is 5.69 Å². The Labute approximate surface area is 119 Å². The predicted octanol–water partition coefficient (Wildman–Crippen LogP) is 1.70. The standard InChI is InChI=1S/C14H20BNO4/c1-8-7-10(9(2)11(16-8)12(17)18)15-19-13(3,4)14(5,6)20-15/h7H,1-6H3,(H,17,18). The third-order valence-electron chi connectivity index (χ3n) is 4.15. The number of aromatic nitrogens is 1. The van der Waals surface area contributed by atoms with Gasteiger partial charge in [0.05, 0.1) is 11.2 Å². The van der Waals surface area contributed by atoms with Crippen LogP contribution in [0.2, 0.25) is 0 Å². The van der Waals surface area contributed by atoms with Gasteiger partial charge in [-0.2, -0.15) is 0 Å². The summed E-state index contributed by atoms with van der Waals surface area (Å²) in [5, 5.41) is 9.22. The molecule has 5 nitrogen and oxygen atoms in total. The molecule has 0 saturated carbocycles. The molecule has 0 unspecified atom stereocenters. The Kier molecular flexibility index (Phi) is 3.43. The Morgan fingerprint density at radius 1 is 1.20 bits per heavy atom. The Morgan fingerprint density at radius 3 is 2.15 bits per heavy atom. The van der Waals surface area contributed by atoms with Gasteiger partial charge >= 0.3 is 13.1 Å². The number of carboxylic acid groups (broad SMARTS) is 1. The Morgan fingerprint density at radius 2 is 1.70 bits per heavy atom. The molecule has 1 aromatic heterocycles. The second-order valence-corrected chi connectivity index (χ2v) is 6.22. The summed E-state index contributed by atoms with van der Waals surface area (Å²) in [7, 11) is -0.570. The lowest BCUT2D eigenvalue weighted by atomic mass is 9.75. The summed E-state index contributed by atoms with van der Waals surface area (Å²) in [5.74, 6) is -1.04. The highest BCUT2D eigenvalue weighted by atomic mass is 16.7. The summed E-state index contributed by atoms with van der Waals surface area (Å²) in [6.45, 7) is 11.4. The lowest BCUT2D eigenvalue weighted by Crippen LogP contribution is -2.41. The van der Waals surface area contributed by atoms with Crippen molar-refractivity contribution in [2.75, 3.05) is 0 Å². The molecule has 0 aliphatic carbocycles. The maximum atomic E-state index is 11.3. The molecular formula is C14H20BNO4. The van der Waals surface area contributed by atoms with Crippen molar-refractivity contribution in [1.82, 2.24) is 4.98 Å². The molecule has 0 aromatic carbocycles. The molecule has 6 heteroatoms. The first-order valence-corrected chi connectivity index (χ1v) is 6.62. The minimum absolute atomic E-state index is 0.0507. The van der Waals surface area contributed by atoms with E-state index in [9.17, 15) is 9.90 Å². The third-order valence-corrected chi connectivity index (χ3v) is 4.15. The van der Waals surface area contributed by atoms with Crippen molar-refractivity contribution in [1.29, 1.82) is 0 Å². The van der Waals surface area contributed by atoms with Crippen LogP contribution in [0, 0.1) is 13.8 Å². The van der Waals surface area contributed by atoms with Gasteiger partial charge in [-0.1, -0.05) is 0 Å². The van der Waals surface area contributed by atoms with Crippen molar-refractivity contribution in [3.8, 4) is 0 Å². The highest BCUT2D eigenvalue weighted by molar-refractivity contribution is 6.62. The molecule has 0 bridgehead atoms. The van der Waals surface area contributed by atoms with Gasteiger partial charge in [0.2, 0.25) is 0 Å². The summed E-state index contributed by atoms with van der Waals surface area (Å²) in [5.41, 5.74) is 1.09. The van der Waals surface area contributed by atoms with E-state index in [-0.39, 0.29) is 5.69 Å². The highest BCUT2D eigenvalue weighted by Crippen LogP contribution is 2.36. The average molecular weight is 277 g/mol. The molecule has 1 N–H and O–H groups in total. The molecule has 2 heterocycles. The second-order valence-electron chi connectivity index (χ2n) is 6.22. The number of hydrogen-bond acceptors (Lipinski definition) is 4. The molecule has 108 valence electrons. The van der Waals surface area contributed by atoms with Crippen molar-refractivity contribution < 1.29 is 19.2 Å². The number of aromatic carboxylic acids is 1. The summed E-state index contributed by atoms with van der Waals surface area (Å²) < 4.78 is 12.0. The van der Waals surface area contributed by atoms with Gasteiger partial charge in [-0.3, -0.25) is 0 Å².